The number of nitrogens with two attached hydrogens (primary N) is 1. The third-order valence-corrected chi connectivity index (χ3v) is 3.05. The Bertz CT molecular complexity index is 581. The zero-order valence-electron chi connectivity index (χ0n) is 11.2. The molecule has 0 aliphatic heterocycles. The van der Waals surface area contributed by atoms with E-state index >= 15 is 0 Å². The lowest BCUT2D eigenvalue weighted by molar-refractivity contribution is 0.437. The van der Waals surface area contributed by atoms with E-state index in [0.717, 1.165) is 17.5 Å². The van der Waals surface area contributed by atoms with Crippen LogP contribution in [0.15, 0.2) is 36.4 Å². The van der Waals surface area contributed by atoms with E-state index in [1.165, 1.54) is 0 Å². The minimum absolute atomic E-state index is 0.259. The highest BCUT2D eigenvalue weighted by molar-refractivity contribution is 5.41. The number of hydrogen-bond acceptors (Lipinski definition) is 2. The fourth-order valence-corrected chi connectivity index (χ4v) is 1.97. The molecule has 0 aliphatic carbocycles. The van der Waals surface area contributed by atoms with Gasteiger partial charge in [-0.3, -0.25) is 0 Å². The fourth-order valence-electron chi connectivity index (χ4n) is 1.97. The summed E-state index contributed by atoms with van der Waals surface area (Å²) in [6, 6.07) is 11.0. The van der Waals surface area contributed by atoms with Crippen LogP contribution >= 0.6 is 0 Å². The van der Waals surface area contributed by atoms with Gasteiger partial charge in [-0.2, -0.15) is 0 Å². The SMILES string of the molecule is Cc1cc(CCN)ccc1Oc1cccc(C)c1F. The van der Waals surface area contributed by atoms with Crippen molar-refractivity contribution >= 4 is 0 Å². The molecule has 0 spiro atoms. The maximum Gasteiger partial charge on any atom is 0.168 e. The van der Waals surface area contributed by atoms with Crippen molar-refractivity contribution in [1.82, 2.24) is 0 Å². The van der Waals surface area contributed by atoms with Crippen molar-refractivity contribution in [1.29, 1.82) is 0 Å². The molecule has 0 amide bonds. The Labute approximate surface area is 113 Å². The van der Waals surface area contributed by atoms with E-state index in [-0.39, 0.29) is 11.6 Å². The summed E-state index contributed by atoms with van der Waals surface area (Å²) in [6.45, 7) is 4.29. The average Bonchev–Trinajstić information content (AvgIpc) is 2.38. The summed E-state index contributed by atoms with van der Waals surface area (Å²) in [6.07, 6.45) is 0.833. The highest BCUT2D eigenvalue weighted by Crippen LogP contribution is 2.29. The first-order chi connectivity index (χ1) is 9.11. The minimum atomic E-state index is -0.312. The van der Waals surface area contributed by atoms with Crippen molar-refractivity contribution < 1.29 is 9.13 Å². The van der Waals surface area contributed by atoms with Crippen molar-refractivity contribution in [2.45, 2.75) is 20.3 Å². The molecule has 0 aromatic heterocycles. The molecule has 2 aromatic carbocycles. The fraction of sp³-hybridized carbons (Fsp3) is 0.250. The first-order valence-corrected chi connectivity index (χ1v) is 6.34. The lowest BCUT2D eigenvalue weighted by atomic mass is 10.1. The van der Waals surface area contributed by atoms with Crippen LogP contribution in [-0.2, 0) is 6.42 Å². The lowest BCUT2D eigenvalue weighted by Gasteiger charge is -2.11. The largest absolute Gasteiger partial charge is 0.454 e. The number of hydrogen-bond donors (Lipinski definition) is 1. The van der Waals surface area contributed by atoms with Crippen molar-refractivity contribution in [2.24, 2.45) is 5.73 Å². The van der Waals surface area contributed by atoms with E-state index in [2.05, 4.69) is 0 Å². The van der Waals surface area contributed by atoms with Crippen LogP contribution in [0.2, 0.25) is 0 Å². The predicted molar refractivity (Wildman–Crippen MR) is 75.1 cm³/mol. The smallest absolute Gasteiger partial charge is 0.168 e. The second kappa shape index (κ2) is 5.85. The van der Waals surface area contributed by atoms with Crippen LogP contribution in [0.25, 0.3) is 0 Å². The van der Waals surface area contributed by atoms with Crippen molar-refractivity contribution in [3.63, 3.8) is 0 Å². The highest BCUT2D eigenvalue weighted by Gasteiger charge is 2.08. The molecular weight excluding hydrogens is 241 g/mol. The van der Waals surface area contributed by atoms with E-state index in [1.54, 1.807) is 25.1 Å². The van der Waals surface area contributed by atoms with Gasteiger partial charge in [-0.25, -0.2) is 4.39 Å². The number of aryl methyl sites for hydroxylation is 2. The molecule has 19 heavy (non-hydrogen) atoms. The van der Waals surface area contributed by atoms with Gasteiger partial charge in [0, 0.05) is 0 Å². The standard InChI is InChI=1S/C16H18FNO/c1-11-4-3-5-15(16(11)17)19-14-7-6-13(8-9-18)10-12(14)2/h3-7,10H,8-9,18H2,1-2H3. The van der Waals surface area contributed by atoms with Crippen LogP contribution < -0.4 is 10.5 Å². The normalized spacial score (nSPS) is 10.5. The minimum Gasteiger partial charge on any atom is -0.454 e. The Balaban J connectivity index is 2.26. The zero-order chi connectivity index (χ0) is 13.8. The second-order valence-electron chi connectivity index (χ2n) is 4.63. The molecular formula is C16H18FNO. The Morgan fingerprint density at radius 3 is 2.53 bits per heavy atom. The summed E-state index contributed by atoms with van der Waals surface area (Å²) in [7, 11) is 0. The third kappa shape index (κ3) is 3.12. The molecule has 2 nitrogen and oxygen atoms in total. The van der Waals surface area contributed by atoms with Gasteiger partial charge < -0.3 is 10.5 Å². The Hall–Kier alpha value is -1.87. The van der Waals surface area contributed by atoms with Crippen LogP contribution in [0, 0.1) is 19.7 Å². The van der Waals surface area contributed by atoms with Gasteiger partial charge >= 0.3 is 0 Å². The third-order valence-electron chi connectivity index (χ3n) is 3.05. The molecule has 0 fully saturated rings. The second-order valence-corrected chi connectivity index (χ2v) is 4.63. The first kappa shape index (κ1) is 13.6. The highest BCUT2D eigenvalue weighted by atomic mass is 19.1. The predicted octanol–water partition coefficient (Wildman–Crippen LogP) is 3.74. The maximum absolute atomic E-state index is 13.9. The number of ether oxygens (including phenoxy) is 1. The number of benzene rings is 2. The van der Waals surface area contributed by atoms with Crippen molar-refractivity contribution in [3.8, 4) is 11.5 Å². The Kier molecular flexibility index (Phi) is 4.17. The van der Waals surface area contributed by atoms with E-state index in [0.29, 0.717) is 17.9 Å². The summed E-state index contributed by atoms with van der Waals surface area (Å²) >= 11 is 0. The molecule has 0 heterocycles. The summed E-state index contributed by atoms with van der Waals surface area (Å²) in [5, 5.41) is 0. The zero-order valence-corrected chi connectivity index (χ0v) is 11.2. The van der Waals surface area contributed by atoms with Gasteiger partial charge in [0.25, 0.3) is 0 Å². The Morgan fingerprint density at radius 1 is 1.05 bits per heavy atom. The summed E-state index contributed by atoms with van der Waals surface area (Å²) in [5.41, 5.74) is 8.25. The van der Waals surface area contributed by atoms with Crippen LogP contribution in [0.5, 0.6) is 11.5 Å². The van der Waals surface area contributed by atoms with Gasteiger partial charge in [-0.1, -0.05) is 24.3 Å². The van der Waals surface area contributed by atoms with Gasteiger partial charge in [0.2, 0.25) is 0 Å². The van der Waals surface area contributed by atoms with Crippen molar-refractivity contribution in [3.05, 3.63) is 58.9 Å². The Morgan fingerprint density at radius 2 is 1.84 bits per heavy atom. The molecule has 0 bridgehead atoms. The molecule has 0 aliphatic rings. The number of halogens is 1. The average molecular weight is 259 g/mol. The molecule has 2 rings (SSSR count). The van der Waals surface area contributed by atoms with E-state index in [9.17, 15) is 4.39 Å². The topological polar surface area (TPSA) is 35.2 Å². The van der Waals surface area contributed by atoms with Gasteiger partial charge in [0.1, 0.15) is 5.75 Å². The summed E-state index contributed by atoms with van der Waals surface area (Å²) in [5.74, 6) is 0.618. The molecule has 0 saturated carbocycles. The molecule has 0 atom stereocenters. The maximum atomic E-state index is 13.9. The summed E-state index contributed by atoms with van der Waals surface area (Å²) in [4.78, 5) is 0. The summed E-state index contributed by atoms with van der Waals surface area (Å²) < 4.78 is 19.5. The lowest BCUT2D eigenvalue weighted by Crippen LogP contribution is -2.03. The molecule has 100 valence electrons. The first-order valence-electron chi connectivity index (χ1n) is 6.34. The van der Waals surface area contributed by atoms with Gasteiger partial charge in [-0.15, -0.1) is 0 Å². The number of rotatable bonds is 4. The van der Waals surface area contributed by atoms with Crippen molar-refractivity contribution in [2.75, 3.05) is 6.54 Å². The molecule has 0 saturated heterocycles. The van der Waals surface area contributed by atoms with Crippen LogP contribution in [0.1, 0.15) is 16.7 Å². The molecule has 0 unspecified atom stereocenters. The van der Waals surface area contributed by atoms with Gasteiger partial charge in [0.15, 0.2) is 11.6 Å². The molecule has 2 aromatic rings. The molecule has 0 radical (unpaired) electrons. The van der Waals surface area contributed by atoms with Gasteiger partial charge in [0.05, 0.1) is 0 Å². The van der Waals surface area contributed by atoms with Crippen LogP contribution in [0.3, 0.4) is 0 Å². The van der Waals surface area contributed by atoms with E-state index in [1.807, 2.05) is 25.1 Å². The van der Waals surface area contributed by atoms with Crippen LogP contribution in [0.4, 0.5) is 4.39 Å². The van der Waals surface area contributed by atoms with Crippen LogP contribution in [-0.4, -0.2) is 6.54 Å². The van der Waals surface area contributed by atoms with E-state index < -0.39 is 0 Å². The molecule has 2 N–H and O–H groups in total. The molecule has 3 heteroatoms. The van der Waals surface area contributed by atoms with Gasteiger partial charge in [-0.05, 0) is 55.6 Å². The monoisotopic (exact) mass is 259 g/mol. The quantitative estimate of drug-likeness (QED) is 0.907. The van der Waals surface area contributed by atoms with E-state index in [4.69, 9.17) is 10.5 Å².